The van der Waals surface area contributed by atoms with E-state index < -0.39 is 10.8 Å². The molecule has 1 aliphatic heterocycles. The van der Waals surface area contributed by atoms with Crippen molar-refractivity contribution in [3.05, 3.63) is 0 Å². The zero-order valence-corrected chi connectivity index (χ0v) is 12.2. The first-order chi connectivity index (χ1) is 7.37. The summed E-state index contributed by atoms with van der Waals surface area (Å²) < 4.78 is 10.9. The lowest BCUT2D eigenvalue weighted by molar-refractivity contribution is 0.375. The summed E-state index contributed by atoms with van der Waals surface area (Å²) in [4.78, 5) is 4.47. The Morgan fingerprint density at radius 3 is 2.81 bits per heavy atom. The van der Waals surface area contributed by atoms with E-state index in [1.165, 1.54) is 6.42 Å². The molecule has 0 aromatic heterocycles. The molecule has 0 bridgehead atoms. The van der Waals surface area contributed by atoms with Gasteiger partial charge in [-0.05, 0) is 11.8 Å². The van der Waals surface area contributed by atoms with Gasteiger partial charge in [-0.3, -0.25) is 9.20 Å². The van der Waals surface area contributed by atoms with Crippen LogP contribution in [-0.4, -0.2) is 39.7 Å². The van der Waals surface area contributed by atoms with E-state index in [1.54, 1.807) is 6.26 Å². The number of aliphatic imine (C=N–C) groups is 1. The normalized spacial score (nSPS) is 23.0. The minimum absolute atomic E-state index is 0.369. The van der Waals surface area contributed by atoms with Crippen molar-refractivity contribution in [3.8, 4) is 0 Å². The van der Waals surface area contributed by atoms with Crippen molar-refractivity contribution in [2.75, 3.05) is 25.1 Å². The van der Waals surface area contributed by atoms with Gasteiger partial charge in [-0.2, -0.15) is 0 Å². The van der Waals surface area contributed by atoms with Crippen LogP contribution in [0.2, 0.25) is 0 Å². The van der Waals surface area contributed by atoms with E-state index in [1.807, 2.05) is 11.8 Å². The summed E-state index contributed by atoms with van der Waals surface area (Å²) in [6, 6.07) is 0. The van der Waals surface area contributed by atoms with Crippen LogP contribution in [0.4, 0.5) is 0 Å². The summed E-state index contributed by atoms with van der Waals surface area (Å²) in [6.07, 6.45) is 2.92. The van der Waals surface area contributed by atoms with E-state index in [0.29, 0.717) is 16.4 Å². The molecule has 0 spiro atoms. The quantitative estimate of drug-likeness (QED) is 0.841. The molecule has 5 heteroatoms. The van der Waals surface area contributed by atoms with E-state index >= 15 is 0 Å². The molecule has 16 heavy (non-hydrogen) atoms. The van der Waals surface area contributed by atoms with E-state index in [9.17, 15) is 4.21 Å². The lowest BCUT2D eigenvalue weighted by Gasteiger charge is -2.21. The molecule has 1 rings (SSSR count). The molecule has 1 heterocycles. The molecular formula is C11H22N2OS2. The number of hydrogen-bond acceptors (Lipinski definition) is 4. The van der Waals surface area contributed by atoms with Gasteiger partial charge >= 0.3 is 0 Å². The van der Waals surface area contributed by atoms with Crippen LogP contribution in [0.3, 0.4) is 0 Å². The van der Waals surface area contributed by atoms with Gasteiger partial charge in [-0.1, -0.05) is 32.5 Å². The standard InChI is InChI=1S/C11H22N2OS2/c1-11(2,3)7-9-8-13-10(15-9)12-5-6-16(4)14/h9H,5-8H2,1-4H3,(H,12,13). The van der Waals surface area contributed by atoms with Gasteiger partial charge in [0.1, 0.15) is 0 Å². The maximum atomic E-state index is 10.9. The van der Waals surface area contributed by atoms with E-state index in [-0.39, 0.29) is 0 Å². The Balaban J connectivity index is 2.21. The van der Waals surface area contributed by atoms with Crippen molar-refractivity contribution in [2.45, 2.75) is 32.4 Å². The lowest BCUT2D eigenvalue weighted by atomic mass is 9.90. The third-order valence-corrected chi connectivity index (χ3v) is 4.15. The largest absolute Gasteiger partial charge is 0.364 e. The van der Waals surface area contributed by atoms with Crippen LogP contribution in [0, 0.1) is 5.41 Å². The third kappa shape index (κ3) is 5.89. The number of hydrogen-bond donors (Lipinski definition) is 1. The fourth-order valence-electron chi connectivity index (χ4n) is 1.61. The van der Waals surface area contributed by atoms with Gasteiger partial charge in [0.05, 0.1) is 6.54 Å². The van der Waals surface area contributed by atoms with Crippen molar-refractivity contribution in [1.29, 1.82) is 0 Å². The van der Waals surface area contributed by atoms with Crippen molar-refractivity contribution in [2.24, 2.45) is 10.4 Å². The minimum atomic E-state index is -0.717. The second-order valence-electron chi connectivity index (χ2n) is 5.35. The highest BCUT2D eigenvalue weighted by atomic mass is 32.2. The average molecular weight is 262 g/mol. The summed E-state index contributed by atoms with van der Waals surface area (Å²) in [5.74, 6) is 0.698. The lowest BCUT2D eigenvalue weighted by Crippen LogP contribution is -2.25. The first-order valence-electron chi connectivity index (χ1n) is 5.62. The summed E-state index contributed by atoms with van der Waals surface area (Å²) in [5, 5.41) is 4.88. The highest BCUT2D eigenvalue weighted by Crippen LogP contribution is 2.31. The van der Waals surface area contributed by atoms with Crippen LogP contribution in [0.1, 0.15) is 27.2 Å². The van der Waals surface area contributed by atoms with Crippen LogP contribution in [0.15, 0.2) is 4.99 Å². The van der Waals surface area contributed by atoms with Gasteiger partial charge in [0.15, 0.2) is 5.17 Å². The Hall–Kier alpha value is -0.0300. The fourth-order valence-corrected chi connectivity index (χ4v) is 3.38. The Morgan fingerprint density at radius 2 is 2.25 bits per heavy atom. The molecule has 0 radical (unpaired) electrons. The van der Waals surface area contributed by atoms with Crippen molar-refractivity contribution in [3.63, 3.8) is 0 Å². The fraction of sp³-hybridized carbons (Fsp3) is 0.909. The van der Waals surface area contributed by atoms with Gasteiger partial charge in [-0.25, -0.2) is 0 Å². The number of thioether (sulfide) groups is 1. The van der Waals surface area contributed by atoms with Crippen molar-refractivity contribution >= 4 is 27.7 Å². The molecule has 0 saturated carbocycles. The molecule has 3 nitrogen and oxygen atoms in total. The van der Waals surface area contributed by atoms with Crippen LogP contribution in [0.5, 0.6) is 0 Å². The van der Waals surface area contributed by atoms with E-state index in [4.69, 9.17) is 0 Å². The second kappa shape index (κ2) is 6.05. The van der Waals surface area contributed by atoms with Crippen molar-refractivity contribution in [1.82, 2.24) is 5.32 Å². The molecule has 0 aliphatic carbocycles. The van der Waals surface area contributed by atoms with Gasteiger partial charge in [-0.15, -0.1) is 0 Å². The van der Waals surface area contributed by atoms with Gasteiger partial charge in [0, 0.05) is 34.6 Å². The topological polar surface area (TPSA) is 41.5 Å². The van der Waals surface area contributed by atoms with Gasteiger partial charge in [0.2, 0.25) is 0 Å². The zero-order chi connectivity index (χ0) is 12.2. The number of amidine groups is 1. The molecule has 0 aromatic rings. The van der Waals surface area contributed by atoms with Crippen LogP contribution < -0.4 is 5.32 Å². The van der Waals surface area contributed by atoms with Gasteiger partial charge in [0.25, 0.3) is 0 Å². The Labute approximate surface area is 105 Å². The predicted octanol–water partition coefficient (Wildman–Crippen LogP) is 1.86. The van der Waals surface area contributed by atoms with Crippen LogP contribution in [0.25, 0.3) is 0 Å². The molecule has 1 N–H and O–H groups in total. The Bertz CT molecular complexity index is 284. The molecule has 94 valence electrons. The molecular weight excluding hydrogens is 240 g/mol. The number of rotatable bonds is 4. The Morgan fingerprint density at radius 1 is 1.56 bits per heavy atom. The van der Waals surface area contributed by atoms with Gasteiger partial charge < -0.3 is 5.32 Å². The Kier molecular flexibility index (Phi) is 5.31. The summed E-state index contributed by atoms with van der Waals surface area (Å²) in [5.41, 5.74) is 0.369. The van der Waals surface area contributed by atoms with Crippen molar-refractivity contribution < 1.29 is 4.21 Å². The molecule has 1 aliphatic rings. The summed E-state index contributed by atoms with van der Waals surface area (Å²) in [6.45, 7) is 8.47. The molecule has 0 amide bonds. The SMILES string of the molecule is CS(=O)CCNC1=NCC(CC(C)(C)C)S1. The molecule has 0 saturated heterocycles. The summed E-state index contributed by atoms with van der Waals surface area (Å²) >= 11 is 1.83. The number of nitrogens with one attached hydrogen (secondary N) is 1. The van der Waals surface area contributed by atoms with E-state index in [0.717, 1.165) is 18.3 Å². The monoisotopic (exact) mass is 262 g/mol. The summed E-state index contributed by atoms with van der Waals surface area (Å²) in [7, 11) is -0.717. The smallest absolute Gasteiger partial charge is 0.156 e. The van der Waals surface area contributed by atoms with Crippen LogP contribution >= 0.6 is 11.8 Å². The van der Waals surface area contributed by atoms with Crippen LogP contribution in [-0.2, 0) is 10.8 Å². The minimum Gasteiger partial charge on any atom is -0.364 e. The van der Waals surface area contributed by atoms with E-state index in [2.05, 4.69) is 31.1 Å². The predicted molar refractivity (Wildman–Crippen MR) is 74.7 cm³/mol. The molecule has 0 aromatic carbocycles. The maximum Gasteiger partial charge on any atom is 0.156 e. The molecule has 2 unspecified atom stereocenters. The highest BCUT2D eigenvalue weighted by Gasteiger charge is 2.24. The molecule has 2 atom stereocenters. The third-order valence-electron chi connectivity index (χ3n) is 2.22. The highest BCUT2D eigenvalue weighted by molar-refractivity contribution is 8.14. The molecule has 0 fully saturated rings. The first kappa shape index (κ1) is 14.0. The zero-order valence-electron chi connectivity index (χ0n) is 10.6. The average Bonchev–Trinajstić information content (AvgIpc) is 2.48. The second-order valence-corrected chi connectivity index (χ2v) is 8.20. The first-order valence-corrected chi connectivity index (χ1v) is 8.22. The number of nitrogens with zero attached hydrogens (tertiary/aromatic N) is 1. The maximum absolute atomic E-state index is 10.9.